The van der Waals surface area contributed by atoms with Crippen molar-refractivity contribution in [2.24, 2.45) is 0 Å². The lowest BCUT2D eigenvalue weighted by molar-refractivity contribution is -0.146. The molecule has 1 N–H and O–H groups in total. The Kier molecular flexibility index (Phi) is 7.69. The molecule has 18 heavy (non-hydrogen) atoms. The molecule has 0 radical (unpaired) electrons. The first-order valence-corrected chi connectivity index (χ1v) is 7.53. The quantitative estimate of drug-likeness (QED) is 0.550. The summed E-state index contributed by atoms with van der Waals surface area (Å²) in [7, 11) is 0. The van der Waals surface area contributed by atoms with E-state index < -0.39 is 0 Å². The highest BCUT2D eigenvalue weighted by Crippen LogP contribution is 2.26. The van der Waals surface area contributed by atoms with Gasteiger partial charge in [-0.05, 0) is 43.8 Å². The van der Waals surface area contributed by atoms with Crippen LogP contribution in [-0.2, 0) is 9.53 Å². The summed E-state index contributed by atoms with van der Waals surface area (Å²) in [6.07, 6.45) is 4.28. The maximum absolute atomic E-state index is 11.1. The van der Waals surface area contributed by atoms with Crippen molar-refractivity contribution in [2.75, 3.05) is 13.1 Å². The zero-order valence-electron chi connectivity index (χ0n) is 11.3. The van der Waals surface area contributed by atoms with Gasteiger partial charge in [-0.25, -0.2) is 0 Å². The number of hydrogen-bond donors (Lipinski definition) is 1. The molecule has 3 nitrogen and oxygen atoms in total. The zero-order chi connectivity index (χ0) is 13.2. The first kappa shape index (κ1) is 15.2. The van der Waals surface area contributed by atoms with Crippen molar-refractivity contribution < 1.29 is 9.53 Å². The van der Waals surface area contributed by atoms with Gasteiger partial charge in [-0.1, -0.05) is 19.4 Å². The summed E-state index contributed by atoms with van der Waals surface area (Å²) < 4.78 is 5.37. The molecule has 1 aromatic rings. The predicted molar refractivity (Wildman–Crippen MR) is 75.8 cm³/mol. The van der Waals surface area contributed by atoms with Crippen LogP contribution in [0.2, 0.25) is 0 Å². The molecule has 0 aliphatic carbocycles. The van der Waals surface area contributed by atoms with Crippen LogP contribution in [0.3, 0.4) is 0 Å². The number of thiophene rings is 1. The van der Waals surface area contributed by atoms with Crippen LogP contribution in [0.5, 0.6) is 0 Å². The number of rotatable bonds is 9. The van der Waals surface area contributed by atoms with Crippen molar-refractivity contribution in [2.45, 2.75) is 45.6 Å². The van der Waals surface area contributed by atoms with Crippen LogP contribution >= 0.6 is 11.3 Å². The minimum Gasteiger partial charge on any atom is -0.457 e. The van der Waals surface area contributed by atoms with Crippen molar-refractivity contribution in [3.05, 3.63) is 22.4 Å². The van der Waals surface area contributed by atoms with Crippen molar-refractivity contribution in [3.63, 3.8) is 0 Å². The van der Waals surface area contributed by atoms with Crippen molar-refractivity contribution in [3.8, 4) is 0 Å². The Morgan fingerprint density at radius 1 is 1.44 bits per heavy atom. The molecule has 1 aromatic heterocycles. The lowest BCUT2D eigenvalue weighted by Gasteiger charge is -2.15. The third-order valence-electron chi connectivity index (χ3n) is 2.70. The summed E-state index contributed by atoms with van der Waals surface area (Å²) in [5, 5.41) is 5.42. The highest BCUT2D eigenvalue weighted by molar-refractivity contribution is 7.10. The van der Waals surface area contributed by atoms with Crippen LogP contribution in [-0.4, -0.2) is 19.1 Å². The Bertz CT molecular complexity index is 325. The molecule has 1 atom stereocenters. The van der Waals surface area contributed by atoms with Gasteiger partial charge < -0.3 is 10.1 Å². The van der Waals surface area contributed by atoms with Gasteiger partial charge in [0.25, 0.3) is 0 Å². The number of carbonyl (C=O) groups excluding carboxylic acids is 1. The zero-order valence-corrected chi connectivity index (χ0v) is 12.1. The second-order valence-corrected chi connectivity index (χ2v) is 5.34. The Balaban J connectivity index is 2.27. The molecule has 0 aliphatic heterocycles. The first-order chi connectivity index (χ1) is 8.74. The molecular formula is C14H23NO2S. The Morgan fingerprint density at radius 2 is 2.22 bits per heavy atom. The monoisotopic (exact) mass is 269 g/mol. The summed E-state index contributed by atoms with van der Waals surface area (Å²) in [5.74, 6) is -0.202. The Labute approximate surface area is 114 Å². The molecule has 1 rings (SSSR count). The fourth-order valence-electron chi connectivity index (χ4n) is 1.77. The van der Waals surface area contributed by atoms with Crippen LogP contribution < -0.4 is 5.32 Å². The summed E-state index contributed by atoms with van der Waals surface area (Å²) in [6.45, 7) is 5.73. The van der Waals surface area contributed by atoms with E-state index in [0.29, 0.717) is 0 Å². The van der Waals surface area contributed by atoms with Crippen molar-refractivity contribution in [1.29, 1.82) is 0 Å². The fraction of sp³-hybridized carbons (Fsp3) is 0.643. The molecule has 4 heteroatoms. The van der Waals surface area contributed by atoms with E-state index in [1.807, 2.05) is 17.5 Å². The van der Waals surface area contributed by atoms with Gasteiger partial charge in [-0.15, -0.1) is 11.3 Å². The molecule has 0 amide bonds. The fourth-order valence-corrected chi connectivity index (χ4v) is 2.56. The number of esters is 1. The van der Waals surface area contributed by atoms with E-state index in [9.17, 15) is 4.79 Å². The Morgan fingerprint density at radius 3 is 2.83 bits per heavy atom. The highest BCUT2D eigenvalue weighted by Gasteiger charge is 2.15. The van der Waals surface area contributed by atoms with Gasteiger partial charge in [0, 0.05) is 11.8 Å². The van der Waals surface area contributed by atoms with E-state index >= 15 is 0 Å². The van der Waals surface area contributed by atoms with E-state index in [-0.39, 0.29) is 12.1 Å². The van der Waals surface area contributed by atoms with Gasteiger partial charge in [0.05, 0.1) is 0 Å². The lowest BCUT2D eigenvalue weighted by Crippen LogP contribution is -2.18. The number of nitrogens with one attached hydrogen (secondary N) is 1. The second kappa shape index (κ2) is 9.11. The largest absolute Gasteiger partial charge is 0.457 e. The SMILES string of the molecule is CCCCNCCC[C@H](OC(C)=O)c1cccs1. The molecule has 0 bridgehead atoms. The highest BCUT2D eigenvalue weighted by atomic mass is 32.1. The third kappa shape index (κ3) is 6.17. The molecular weight excluding hydrogens is 246 g/mol. The van der Waals surface area contributed by atoms with Gasteiger partial charge in [-0.2, -0.15) is 0 Å². The van der Waals surface area contributed by atoms with E-state index in [2.05, 4.69) is 12.2 Å². The number of ether oxygens (including phenoxy) is 1. The van der Waals surface area contributed by atoms with Gasteiger partial charge >= 0.3 is 5.97 Å². The van der Waals surface area contributed by atoms with Crippen molar-refractivity contribution in [1.82, 2.24) is 5.32 Å². The minimum absolute atomic E-state index is 0.0736. The van der Waals surface area contributed by atoms with E-state index in [1.54, 1.807) is 11.3 Å². The molecule has 0 aromatic carbocycles. The molecule has 102 valence electrons. The summed E-state index contributed by atoms with van der Waals surface area (Å²) in [6, 6.07) is 4.03. The van der Waals surface area contributed by atoms with Crippen LogP contribution in [0.15, 0.2) is 17.5 Å². The number of unbranched alkanes of at least 4 members (excludes halogenated alkanes) is 1. The van der Waals surface area contributed by atoms with Crippen LogP contribution in [0, 0.1) is 0 Å². The van der Waals surface area contributed by atoms with Crippen LogP contribution in [0.25, 0.3) is 0 Å². The standard InChI is InChI=1S/C14H23NO2S/c1-3-4-9-15-10-5-7-13(17-12(2)16)14-8-6-11-18-14/h6,8,11,13,15H,3-5,7,9-10H2,1-2H3/t13-/m0/s1. The van der Waals surface area contributed by atoms with Gasteiger partial charge in [-0.3, -0.25) is 4.79 Å². The summed E-state index contributed by atoms with van der Waals surface area (Å²) >= 11 is 1.65. The Hall–Kier alpha value is -0.870. The summed E-state index contributed by atoms with van der Waals surface area (Å²) in [5.41, 5.74) is 0. The van der Waals surface area contributed by atoms with E-state index in [1.165, 1.54) is 19.8 Å². The second-order valence-electron chi connectivity index (χ2n) is 4.36. The average Bonchev–Trinajstić information content (AvgIpc) is 2.85. The predicted octanol–water partition coefficient (Wildman–Crippen LogP) is 3.52. The molecule has 0 saturated carbocycles. The third-order valence-corrected chi connectivity index (χ3v) is 3.66. The maximum Gasteiger partial charge on any atom is 0.303 e. The van der Waals surface area contributed by atoms with E-state index in [0.717, 1.165) is 30.8 Å². The number of hydrogen-bond acceptors (Lipinski definition) is 4. The average molecular weight is 269 g/mol. The summed E-state index contributed by atoms with van der Waals surface area (Å²) in [4.78, 5) is 12.2. The van der Waals surface area contributed by atoms with Crippen LogP contribution in [0.4, 0.5) is 0 Å². The number of carbonyl (C=O) groups is 1. The van der Waals surface area contributed by atoms with Gasteiger partial charge in [0.1, 0.15) is 6.10 Å². The lowest BCUT2D eigenvalue weighted by atomic mass is 10.1. The van der Waals surface area contributed by atoms with Gasteiger partial charge in [0.2, 0.25) is 0 Å². The minimum atomic E-state index is -0.202. The van der Waals surface area contributed by atoms with Gasteiger partial charge in [0.15, 0.2) is 0 Å². The first-order valence-electron chi connectivity index (χ1n) is 6.65. The molecule has 0 aliphatic rings. The normalized spacial score (nSPS) is 12.3. The molecule has 0 unspecified atom stereocenters. The van der Waals surface area contributed by atoms with E-state index in [4.69, 9.17) is 4.74 Å². The van der Waals surface area contributed by atoms with Crippen molar-refractivity contribution >= 4 is 17.3 Å². The maximum atomic E-state index is 11.1. The molecule has 0 spiro atoms. The molecule has 0 saturated heterocycles. The van der Waals surface area contributed by atoms with Crippen LogP contribution in [0.1, 0.15) is 50.5 Å². The smallest absolute Gasteiger partial charge is 0.303 e. The molecule has 0 fully saturated rings. The molecule has 1 heterocycles. The topological polar surface area (TPSA) is 38.3 Å².